The zero-order valence-corrected chi connectivity index (χ0v) is 8.78. The molecule has 3 aliphatic rings. The van der Waals surface area contributed by atoms with Crippen LogP contribution < -0.4 is 0 Å². The highest BCUT2D eigenvalue weighted by Gasteiger charge is 2.51. The fourth-order valence-electron chi connectivity index (χ4n) is 4.17. The highest BCUT2D eigenvalue weighted by Crippen LogP contribution is 2.54. The van der Waals surface area contributed by atoms with Gasteiger partial charge < -0.3 is 4.90 Å². The van der Waals surface area contributed by atoms with Crippen LogP contribution in [0.5, 0.6) is 0 Å². The van der Waals surface area contributed by atoms with E-state index in [1.54, 1.807) is 6.42 Å². The molecule has 2 bridgehead atoms. The Balaban J connectivity index is 1.63. The molecule has 0 amide bonds. The summed E-state index contributed by atoms with van der Waals surface area (Å²) in [5, 5.41) is 0. The van der Waals surface area contributed by atoms with E-state index in [0.717, 1.165) is 36.6 Å². The summed E-state index contributed by atoms with van der Waals surface area (Å²) in [4.78, 5) is 2.61. The Labute approximate surface area is 86.9 Å². The summed E-state index contributed by atoms with van der Waals surface area (Å²) in [6.45, 7) is 3.85. The summed E-state index contributed by atoms with van der Waals surface area (Å²) in [6, 6.07) is 0. The molecule has 3 rings (SSSR count). The molecule has 2 unspecified atom stereocenters. The third-order valence-corrected chi connectivity index (χ3v) is 4.79. The Morgan fingerprint density at radius 2 is 1.79 bits per heavy atom. The number of fused-ring (bicyclic) bond motifs is 5. The van der Waals surface area contributed by atoms with E-state index in [2.05, 4.69) is 10.8 Å². The normalized spacial score (nSPS) is 45.4. The van der Waals surface area contributed by atoms with Crippen LogP contribution in [0.15, 0.2) is 0 Å². The number of terminal acetylenes is 1. The summed E-state index contributed by atoms with van der Waals surface area (Å²) in [6.07, 6.45) is 10.9. The lowest BCUT2D eigenvalue weighted by molar-refractivity contribution is 0.281. The Hall–Kier alpha value is -0.480. The first-order valence-corrected chi connectivity index (χ1v) is 6.04. The molecule has 1 nitrogen and oxygen atoms in total. The van der Waals surface area contributed by atoms with Crippen molar-refractivity contribution in [3.63, 3.8) is 0 Å². The molecular formula is C13H19N. The number of hydrogen-bond acceptors (Lipinski definition) is 1. The van der Waals surface area contributed by atoms with Gasteiger partial charge in [0.05, 0.1) is 0 Å². The summed E-state index contributed by atoms with van der Waals surface area (Å²) in [7, 11) is 0. The van der Waals surface area contributed by atoms with Crippen LogP contribution in [0.2, 0.25) is 0 Å². The summed E-state index contributed by atoms with van der Waals surface area (Å²) >= 11 is 0. The first-order valence-electron chi connectivity index (χ1n) is 6.04. The molecule has 0 radical (unpaired) electrons. The smallest absolute Gasteiger partial charge is 0.0214 e. The van der Waals surface area contributed by atoms with Gasteiger partial charge in [0.15, 0.2) is 0 Å². The number of hydrogen-bond donors (Lipinski definition) is 0. The second-order valence-electron chi connectivity index (χ2n) is 5.37. The van der Waals surface area contributed by atoms with Gasteiger partial charge in [-0.2, -0.15) is 0 Å². The van der Waals surface area contributed by atoms with Crippen molar-refractivity contribution in [3.05, 3.63) is 0 Å². The van der Waals surface area contributed by atoms with Crippen molar-refractivity contribution >= 4 is 0 Å². The van der Waals surface area contributed by atoms with Gasteiger partial charge in [0.25, 0.3) is 0 Å². The number of rotatable bonds is 2. The molecule has 1 aliphatic heterocycles. The van der Waals surface area contributed by atoms with Crippen LogP contribution in [0.1, 0.15) is 25.7 Å². The Morgan fingerprint density at radius 1 is 1.14 bits per heavy atom. The van der Waals surface area contributed by atoms with Crippen molar-refractivity contribution in [3.8, 4) is 12.3 Å². The standard InChI is InChI=1S/C13H19N/c1-2-3-6-14-8-12-10-4-5-11(7-10)13(12)9-14/h1,10-13H,3-9H2/t10?,11?,12-,13+. The molecule has 14 heavy (non-hydrogen) atoms. The maximum absolute atomic E-state index is 5.31. The van der Waals surface area contributed by atoms with Gasteiger partial charge in [-0.25, -0.2) is 0 Å². The molecule has 0 aromatic heterocycles. The molecule has 0 aromatic rings. The molecule has 0 spiro atoms. The third kappa shape index (κ3) is 1.21. The van der Waals surface area contributed by atoms with Gasteiger partial charge in [-0.1, -0.05) is 0 Å². The van der Waals surface area contributed by atoms with Crippen LogP contribution in [0.3, 0.4) is 0 Å². The minimum Gasteiger partial charge on any atom is -0.302 e. The van der Waals surface area contributed by atoms with E-state index in [1.165, 1.54) is 25.9 Å². The van der Waals surface area contributed by atoms with Crippen LogP contribution >= 0.6 is 0 Å². The van der Waals surface area contributed by atoms with E-state index < -0.39 is 0 Å². The van der Waals surface area contributed by atoms with Crippen molar-refractivity contribution < 1.29 is 0 Å². The lowest BCUT2D eigenvalue weighted by atomic mass is 9.82. The zero-order chi connectivity index (χ0) is 9.54. The highest BCUT2D eigenvalue weighted by molar-refractivity contribution is 5.02. The van der Waals surface area contributed by atoms with E-state index in [4.69, 9.17) is 6.42 Å². The van der Waals surface area contributed by atoms with Gasteiger partial charge in [-0.15, -0.1) is 12.3 Å². The van der Waals surface area contributed by atoms with E-state index in [-0.39, 0.29) is 0 Å². The number of likely N-dealkylation sites (tertiary alicyclic amines) is 1. The maximum atomic E-state index is 5.31. The fraction of sp³-hybridized carbons (Fsp3) is 0.846. The van der Waals surface area contributed by atoms with E-state index >= 15 is 0 Å². The second kappa shape index (κ2) is 3.28. The third-order valence-electron chi connectivity index (χ3n) is 4.79. The van der Waals surface area contributed by atoms with Crippen molar-refractivity contribution in [1.29, 1.82) is 0 Å². The monoisotopic (exact) mass is 189 g/mol. The van der Waals surface area contributed by atoms with Gasteiger partial charge in [0, 0.05) is 26.1 Å². The van der Waals surface area contributed by atoms with Crippen molar-refractivity contribution in [2.45, 2.75) is 25.7 Å². The van der Waals surface area contributed by atoms with Gasteiger partial charge in [-0.3, -0.25) is 0 Å². The molecule has 76 valence electrons. The molecule has 0 aromatic carbocycles. The maximum Gasteiger partial charge on any atom is 0.0214 e. The lowest BCUT2D eigenvalue weighted by Gasteiger charge is -2.22. The first-order chi connectivity index (χ1) is 6.88. The number of nitrogens with zero attached hydrogens (tertiary/aromatic N) is 1. The van der Waals surface area contributed by atoms with E-state index in [0.29, 0.717) is 0 Å². The molecule has 1 saturated heterocycles. The Bertz CT molecular complexity index is 247. The van der Waals surface area contributed by atoms with Crippen molar-refractivity contribution in [1.82, 2.24) is 4.90 Å². The highest BCUT2D eigenvalue weighted by atomic mass is 15.2. The van der Waals surface area contributed by atoms with E-state index in [9.17, 15) is 0 Å². The average molecular weight is 189 g/mol. The van der Waals surface area contributed by atoms with Crippen LogP contribution in [0, 0.1) is 36.0 Å². The lowest BCUT2D eigenvalue weighted by Crippen LogP contribution is -2.23. The van der Waals surface area contributed by atoms with Crippen molar-refractivity contribution in [2.24, 2.45) is 23.7 Å². The summed E-state index contributed by atoms with van der Waals surface area (Å²) < 4.78 is 0. The predicted molar refractivity (Wildman–Crippen MR) is 57.7 cm³/mol. The molecular weight excluding hydrogens is 170 g/mol. The average Bonchev–Trinajstić information content (AvgIpc) is 2.85. The Morgan fingerprint density at radius 3 is 2.36 bits per heavy atom. The summed E-state index contributed by atoms with van der Waals surface area (Å²) in [5.41, 5.74) is 0. The quantitative estimate of drug-likeness (QED) is 0.600. The molecule has 1 heteroatoms. The summed E-state index contributed by atoms with van der Waals surface area (Å²) in [5.74, 6) is 7.02. The largest absolute Gasteiger partial charge is 0.302 e. The van der Waals surface area contributed by atoms with Gasteiger partial charge in [0.1, 0.15) is 0 Å². The topological polar surface area (TPSA) is 3.24 Å². The molecule has 3 fully saturated rings. The molecule has 2 saturated carbocycles. The fourth-order valence-corrected chi connectivity index (χ4v) is 4.17. The molecule has 2 aliphatic carbocycles. The SMILES string of the molecule is C#CCCN1C[C@@H]2C3CCC(C3)[C@@H]2C1. The van der Waals surface area contributed by atoms with Gasteiger partial charge in [-0.05, 0) is 42.9 Å². The van der Waals surface area contributed by atoms with Crippen LogP contribution in [-0.4, -0.2) is 24.5 Å². The zero-order valence-electron chi connectivity index (χ0n) is 8.78. The van der Waals surface area contributed by atoms with Crippen LogP contribution in [0.25, 0.3) is 0 Å². The molecule has 0 N–H and O–H groups in total. The molecule has 1 heterocycles. The second-order valence-corrected chi connectivity index (χ2v) is 5.37. The first kappa shape index (κ1) is 8.80. The predicted octanol–water partition coefficient (Wildman–Crippen LogP) is 1.99. The minimum absolute atomic E-state index is 0.939. The van der Waals surface area contributed by atoms with Crippen LogP contribution in [0.4, 0.5) is 0 Å². The van der Waals surface area contributed by atoms with Gasteiger partial charge >= 0.3 is 0 Å². The van der Waals surface area contributed by atoms with E-state index in [1.807, 2.05) is 0 Å². The minimum atomic E-state index is 0.939. The Kier molecular flexibility index (Phi) is 2.06. The molecule has 4 atom stereocenters. The van der Waals surface area contributed by atoms with Crippen LogP contribution in [-0.2, 0) is 0 Å². The van der Waals surface area contributed by atoms with Crippen molar-refractivity contribution in [2.75, 3.05) is 19.6 Å². The van der Waals surface area contributed by atoms with Gasteiger partial charge in [0.2, 0.25) is 0 Å².